The lowest BCUT2D eigenvalue weighted by molar-refractivity contribution is -0.167. The van der Waals surface area contributed by atoms with Gasteiger partial charge in [-0.2, -0.15) is 0 Å². The molecule has 0 aromatic rings. The molecule has 0 aliphatic carbocycles. The van der Waals surface area contributed by atoms with Crippen molar-refractivity contribution >= 4 is 17.9 Å². The molecular weight excluding hydrogens is 817 g/mol. The highest BCUT2D eigenvalue weighted by Crippen LogP contribution is 2.17. The summed E-state index contributed by atoms with van der Waals surface area (Å²) >= 11 is 0. The third-order valence-electron chi connectivity index (χ3n) is 13.5. The molecule has 0 amide bonds. The van der Waals surface area contributed by atoms with Gasteiger partial charge in [0.2, 0.25) is 0 Å². The van der Waals surface area contributed by atoms with E-state index in [4.69, 9.17) is 14.2 Å². The van der Waals surface area contributed by atoms with Gasteiger partial charge < -0.3 is 14.2 Å². The zero-order valence-corrected chi connectivity index (χ0v) is 44.7. The fraction of sp³-hybridized carbons (Fsp3) is 0.917. The van der Waals surface area contributed by atoms with Crippen LogP contribution in [0.1, 0.15) is 335 Å². The van der Waals surface area contributed by atoms with Gasteiger partial charge in [0.05, 0.1) is 0 Å². The lowest BCUT2D eigenvalue weighted by atomic mass is 10.0. The van der Waals surface area contributed by atoms with Crippen LogP contribution in [0.3, 0.4) is 0 Å². The van der Waals surface area contributed by atoms with E-state index in [2.05, 4.69) is 32.9 Å². The Morgan fingerprint density at radius 2 is 0.500 bits per heavy atom. The minimum atomic E-state index is -0.767. The number of hydrogen-bond acceptors (Lipinski definition) is 6. The molecular formula is C60H114O6. The van der Waals surface area contributed by atoms with E-state index < -0.39 is 6.10 Å². The van der Waals surface area contributed by atoms with Crippen LogP contribution in [0.5, 0.6) is 0 Å². The summed E-state index contributed by atoms with van der Waals surface area (Å²) in [5.41, 5.74) is 0. The molecule has 0 aliphatic rings. The van der Waals surface area contributed by atoms with Gasteiger partial charge in [-0.1, -0.05) is 283 Å². The van der Waals surface area contributed by atoms with Gasteiger partial charge in [0.15, 0.2) is 6.10 Å². The van der Waals surface area contributed by atoms with Crippen LogP contribution < -0.4 is 0 Å². The van der Waals surface area contributed by atoms with Gasteiger partial charge in [-0.15, -0.1) is 0 Å². The first-order chi connectivity index (χ1) is 32.5. The minimum absolute atomic E-state index is 0.0663. The van der Waals surface area contributed by atoms with Crippen LogP contribution in [0.15, 0.2) is 12.2 Å². The third kappa shape index (κ3) is 53.1. The Hall–Kier alpha value is -1.85. The van der Waals surface area contributed by atoms with Gasteiger partial charge in [-0.05, 0) is 44.9 Å². The van der Waals surface area contributed by atoms with Crippen LogP contribution in [-0.2, 0) is 28.6 Å². The van der Waals surface area contributed by atoms with Gasteiger partial charge >= 0.3 is 17.9 Å². The van der Waals surface area contributed by atoms with Crippen molar-refractivity contribution in [3.8, 4) is 0 Å². The quantitative estimate of drug-likeness (QED) is 0.0262. The molecule has 0 aromatic heterocycles. The molecule has 0 unspecified atom stereocenters. The normalized spacial score (nSPS) is 12.0. The van der Waals surface area contributed by atoms with Gasteiger partial charge in [-0.3, -0.25) is 14.4 Å². The molecule has 0 rings (SSSR count). The number of allylic oxidation sites excluding steroid dienone is 2. The fourth-order valence-electron chi connectivity index (χ4n) is 9.03. The monoisotopic (exact) mass is 931 g/mol. The number of esters is 3. The number of rotatable bonds is 55. The molecule has 0 saturated carbocycles. The Morgan fingerprint density at radius 1 is 0.288 bits per heavy atom. The third-order valence-corrected chi connectivity index (χ3v) is 13.5. The molecule has 6 heteroatoms. The van der Waals surface area contributed by atoms with E-state index in [-0.39, 0.29) is 31.1 Å². The van der Waals surface area contributed by atoms with Crippen LogP contribution in [-0.4, -0.2) is 37.2 Å². The van der Waals surface area contributed by atoms with Crippen molar-refractivity contribution in [2.24, 2.45) is 0 Å². The smallest absolute Gasteiger partial charge is 0.306 e. The van der Waals surface area contributed by atoms with E-state index in [0.717, 1.165) is 64.2 Å². The minimum Gasteiger partial charge on any atom is -0.462 e. The summed E-state index contributed by atoms with van der Waals surface area (Å²) in [5, 5.41) is 0. The predicted molar refractivity (Wildman–Crippen MR) is 284 cm³/mol. The largest absolute Gasteiger partial charge is 0.462 e. The molecule has 0 saturated heterocycles. The van der Waals surface area contributed by atoms with Crippen LogP contribution in [0.4, 0.5) is 0 Å². The maximum absolute atomic E-state index is 12.8. The molecule has 0 bridgehead atoms. The Labute approximate surface area is 411 Å². The second-order valence-corrected chi connectivity index (χ2v) is 20.3. The van der Waals surface area contributed by atoms with Crippen LogP contribution in [0.25, 0.3) is 0 Å². The molecule has 0 N–H and O–H groups in total. The van der Waals surface area contributed by atoms with E-state index >= 15 is 0 Å². The van der Waals surface area contributed by atoms with Crippen molar-refractivity contribution in [3.05, 3.63) is 12.2 Å². The van der Waals surface area contributed by atoms with Gasteiger partial charge in [-0.25, -0.2) is 0 Å². The molecule has 390 valence electrons. The SMILES string of the molecule is CCCCCCC/C=C/CCCCCCCC(=O)OC[C@H](COC(=O)CCCCCCCCCCCCCCCCCCCCC)OC(=O)CCCCCCCCCCCCCCCCC. The molecule has 1 atom stereocenters. The molecule has 6 nitrogen and oxygen atoms in total. The van der Waals surface area contributed by atoms with Crippen molar-refractivity contribution < 1.29 is 28.6 Å². The molecule has 0 aliphatic heterocycles. The van der Waals surface area contributed by atoms with Gasteiger partial charge in [0, 0.05) is 19.3 Å². The van der Waals surface area contributed by atoms with E-state index in [1.807, 2.05) is 0 Å². The molecule has 0 radical (unpaired) electrons. The van der Waals surface area contributed by atoms with Crippen molar-refractivity contribution in [2.45, 2.75) is 341 Å². The number of carbonyl (C=O) groups is 3. The first-order valence-corrected chi connectivity index (χ1v) is 29.7. The molecule has 0 aromatic carbocycles. The summed E-state index contributed by atoms with van der Waals surface area (Å²) in [7, 11) is 0. The van der Waals surface area contributed by atoms with Crippen LogP contribution in [0.2, 0.25) is 0 Å². The zero-order chi connectivity index (χ0) is 47.9. The second kappa shape index (κ2) is 55.7. The summed E-state index contributed by atoms with van der Waals surface area (Å²) in [6.45, 7) is 6.69. The summed E-state index contributed by atoms with van der Waals surface area (Å²) in [6, 6.07) is 0. The predicted octanol–water partition coefficient (Wildman–Crippen LogP) is 19.7. The number of carbonyl (C=O) groups excluding carboxylic acids is 3. The average molecular weight is 932 g/mol. The van der Waals surface area contributed by atoms with Gasteiger partial charge in [0.25, 0.3) is 0 Å². The highest BCUT2D eigenvalue weighted by molar-refractivity contribution is 5.71. The fourth-order valence-corrected chi connectivity index (χ4v) is 9.03. The van der Waals surface area contributed by atoms with Crippen molar-refractivity contribution in [1.82, 2.24) is 0 Å². The molecule has 0 spiro atoms. The Kier molecular flexibility index (Phi) is 54.2. The highest BCUT2D eigenvalue weighted by atomic mass is 16.6. The van der Waals surface area contributed by atoms with Crippen molar-refractivity contribution in [2.75, 3.05) is 13.2 Å². The molecule has 0 heterocycles. The molecule has 0 fully saturated rings. The average Bonchev–Trinajstić information content (AvgIpc) is 3.31. The number of unbranched alkanes of at least 4 members (excludes halogenated alkanes) is 42. The topological polar surface area (TPSA) is 78.9 Å². The molecule has 66 heavy (non-hydrogen) atoms. The lowest BCUT2D eigenvalue weighted by Gasteiger charge is -2.18. The Morgan fingerprint density at radius 3 is 0.758 bits per heavy atom. The second-order valence-electron chi connectivity index (χ2n) is 20.3. The maximum atomic E-state index is 12.8. The standard InChI is InChI=1S/C60H114O6/c1-4-7-10-13-16-19-22-25-28-29-30-31-33-35-38-41-44-47-50-53-59(62)65-56-57(55-64-58(61)52-49-46-43-40-37-34-27-24-21-18-15-12-9-6-3)66-60(63)54-51-48-45-42-39-36-32-26-23-20-17-14-11-8-5-2/h24,27,57H,4-23,25-26,28-56H2,1-3H3/b27-24+/t57-/m1/s1. The Balaban J connectivity index is 4.29. The zero-order valence-electron chi connectivity index (χ0n) is 44.7. The van der Waals surface area contributed by atoms with E-state index in [1.165, 1.54) is 231 Å². The number of hydrogen-bond donors (Lipinski definition) is 0. The highest BCUT2D eigenvalue weighted by Gasteiger charge is 2.19. The van der Waals surface area contributed by atoms with Crippen LogP contribution >= 0.6 is 0 Å². The first-order valence-electron chi connectivity index (χ1n) is 29.7. The van der Waals surface area contributed by atoms with E-state index in [9.17, 15) is 14.4 Å². The van der Waals surface area contributed by atoms with Crippen molar-refractivity contribution in [1.29, 1.82) is 0 Å². The first kappa shape index (κ1) is 64.2. The summed E-state index contributed by atoms with van der Waals surface area (Å²) in [6.07, 6.45) is 63.5. The Bertz CT molecular complexity index is 1020. The summed E-state index contributed by atoms with van der Waals surface area (Å²) in [5.74, 6) is -0.849. The number of ether oxygens (including phenoxy) is 3. The van der Waals surface area contributed by atoms with Gasteiger partial charge in [0.1, 0.15) is 13.2 Å². The van der Waals surface area contributed by atoms with Crippen molar-refractivity contribution in [3.63, 3.8) is 0 Å². The van der Waals surface area contributed by atoms with E-state index in [0.29, 0.717) is 19.3 Å². The lowest BCUT2D eigenvalue weighted by Crippen LogP contribution is -2.30. The van der Waals surface area contributed by atoms with E-state index in [1.54, 1.807) is 0 Å². The summed E-state index contributed by atoms with van der Waals surface area (Å²) < 4.78 is 16.9. The summed E-state index contributed by atoms with van der Waals surface area (Å²) in [4.78, 5) is 38.2. The maximum Gasteiger partial charge on any atom is 0.306 e. The van der Waals surface area contributed by atoms with Crippen LogP contribution in [0, 0.1) is 0 Å².